The van der Waals surface area contributed by atoms with E-state index in [1.54, 1.807) is 12.3 Å². The molecule has 92 valence electrons. The number of nitrogen functional groups attached to an aromatic ring is 1. The number of hydrogen-bond donors (Lipinski definition) is 1. The van der Waals surface area contributed by atoms with Crippen molar-refractivity contribution in [2.75, 3.05) is 5.73 Å². The molecule has 0 spiro atoms. The molecule has 0 radical (unpaired) electrons. The molecule has 2 aromatic rings. The van der Waals surface area contributed by atoms with Gasteiger partial charge < -0.3 is 5.73 Å². The molecule has 0 fully saturated rings. The molecule has 1 atom stereocenters. The first-order chi connectivity index (χ1) is 8.65. The van der Waals surface area contributed by atoms with Crippen molar-refractivity contribution >= 4 is 27.7 Å². The fourth-order valence-corrected chi connectivity index (χ4v) is 2.84. The van der Waals surface area contributed by atoms with E-state index in [1.165, 1.54) is 15.8 Å². The molecule has 1 aliphatic rings. The van der Waals surface area contributed by atoms with Crippen molar-refractivity contribution < 1.29 is 4.79 Å². The van der Waals surface area contributed by atoms with Crippen molar-refractivity contribution in [1.82, 2.24) is 9.78 Å². The van der Waals surface area contributed by atoms with Crippen molar-refractivity contribution in [3.63, 3.8) is 0 Å². The molecule has 1 aliphatic carbocycles. The average Bonchev–Trinajstić information content (AvgIpc) is 2.93. The second-order valence-electron chi connectivity index (χ2n) is 4.52. The second-order valence-corrected chi connectivity index (χ2v) is 5.44. The number of carbonyl (C=O) groups is 1. The lowest BCUT2D eigenvalue weighted by Gasteiger charge is -2.08. The number of aromatic nitrogens is 2. The van der Waals surface area contributed by atoms with Crippen LogP contribution < -0.4 is 5.73 Å². The largest absolute Gasteiger partial charge is 0.383 e. The van der Waals surface area contributed by atoms with Gasteiger partial charge in [-0.1, -0.05) is 22.0 Å². The third kappa shape index (κ3) is 1.84. The standard InChI is InChI=1S/C13H12BrN3O/c14-11-2-1-8-5-10(6-9(8)7-11)13(18)17-12(15)3-4-16-17/h1-4,7,10H,5-6,15H2. The minimum Gasteiger partial charge on any atom is -0.383 e. The van der Waals surface area contributed by atoms with E-state index in [0.717, 1.165) is 17.3 Å². The Labute approximate surface area is 113 Å². The number of nitrogens with two attached hydrogens (primary N) is 1. The maximum atomic E-state index is 12.3. The fraction of sp³-hybridized carbons (Fsp3) is 0.231. The van der Waals surface area contributed by atoms with Crippen molar-refractivity contribution in [3.8, 4) is 0 Å². The topological polar surface area (TPSA) is 60.9 Å². The van der Waals surface area contributed by atoms with Gasteiger partial charge in [-0.05, 0) is 36.1 Å². The molecule has 0 amide bonds. The number of halogens is 1. The molecule has 1 unspecified atom stereocenters. The highest BCUT2D eigenvalue weighted by atomic mass is 79.9. The summed E-state index contributed by atoms with van der Waals surface area (Å²) in [6.45, 7) is 0. The van der Waals surface area contributed by atoms with Gasteiger partial charge in [0, 0.05) is 16.5 Å². The van der Waals surface area contributed by atoms with Crippen LogP contribution in [0.1, 0.15) is 15.9 Å². The summed E-state index contributed by atoms with van der Waals surface area (Å²) in [6, 6.07) is 7.79. The van der Waals surface area contributed by atoms with Gasteiger partial charge in [0.15, 0.2) is 0 Å². The average molecular weight is 306 g/mol. The maximum absolute atomic E-state index is 12.3. The molecule has 4 nitrogen and oxygen atoms in total. The van der Waals surface area contributed by atoms with E-state index in [-0.39, 0.29) is 11.8 Å². The Balaban J connectivity index is 1.86. The number of rotatable bonds is 1. The highest BCUT2D eigenvalue weighted by Gasteiger charge is 2.29. The maximum Gasteiger partial charge on any atom is 0.252 e. The Morgan fingerprint density at radius 3 is 2.83 bits per heavy atom. The zero-order valence-corrected chi connectivity index (χ0v) is 11.2. The van der Waals surface area contributed by atoms with Crippen LogP contribution in [0, 0.1) is 5.92 Å². The Morgan fingerprint density at radius 1 is 1.33 bits per heavy atom. The van der Waals surface area contributed by atoms with Crippen LogP contribution in [0.15, 0.2) is 34.9 Å². The number of hydrogen-bond acceptors (Lipinski definition) is 3. The fourth-order valence-electron chi connectivity index (χ4n) is 2.43. The van der Waals surface area contributed by atoms with Gasteiger partial charge >= 0.3 is 0 Å². The van der Waals surface area contributed by atoms with Crippen LogP contribution in [0.25, 0.3) is 0 Å². The lowest BCUT2D eigenvalue weighted by Crippen LogP contribution is -2.24. The van der Waals surface area contributed by atoms with E-state index in [0.29, 0.717) is 5.82 Å². The molecule has 1 aromatic carbocycles. The van der Waals surface area contributed by atoms with E-state index in [2.05, 4.69) is 33.2 Å². The molecule has 3 rings (SSSR count). The van der Waals surface area contributed by atoms with Crippen molar-refractivity contribution in [1.29, 1.82) is 0 Å². The molecular formula is C13H12BrN3O. The summed E-state index contributed by atoms with van der Waals surface area (Å²) < 4.78 is 2.35. The molecular weight excluding hydrogens is 294 g/mol. The van der Waals surface area contributed by atoms with Gasteiger partial charge in [-0.25, -0.2) is 0 Å². The molecule has 2 N–H and O–H groups in total. The first-order valence-electron chi connectivity index (χ1n) is 5.76. The Bertz CT molecular complexity index is 620. The Morgan fingerprint density at radius 2 is 2.11 bits per heavy atom. The quantitative estimate of drug-likeness (QED) is 0.879. The summed E-state index contributed by atoms with van der Waals surface area (Å²) in [5, 5.41) is 3.97. The molecule has 1 aromatic heterocycles. The predicted molar refractivity (Wildman–Crippen MR) is 72.3 cm³/mol. The number of anilines is 1. The van der Waals surface area contributed by atoms with Gasteiger partial charge in [0.2, 0.25) is 0 Å². The van der Waals surface area contributed by atoms with E-state index < -0.39 is 0 Å². The van der Waals surface area contributed by atoms with Gasteiger partial charge in [-0.3, -0.25) is 4.79 Å². The Hall–Kier alpha value is -1.62. The van der Waals surface area contributed by atoms with Crippen LogP contribution in [-0.4, -0.2) is 15.7 Å². The minimum atomic E-state index is -0.0588. The molecule has 18 heavy (non-hydrogen) atoms. The zero-order chi connectivity index (χ0) is 12.7. The zero-order valence-electron chi connectivity index (χ0n) is 9.64. The van der Waals surface area contributed by atoms with Gasteiger partial charge in [0.25, 0.3) is 5.91 Å². The first kappa shape index (κ1) is 11.5. The predicted octanol–water partition coefficient (Wildman–Crippen LogP) is 2.28. The van der Waals surface area contributed by atoms with Crippen LogP contribution >= 0.6 is 15.9 Å². The Kier molecular flexibility index (Phi) is 2.70. The molecule has 1 heterocycles. The summed E-state index contributed by atoms with van der Waals surface area (Å²) in [5.41, 5.74) is 8.18. The number of benzene rings is 1. The molecule has 0 saturated heterocycles. The first-order valence-corrected chi connectivity index (χ1v) is 6.55. The van der Waals surface area contributed by atoms with Crippen molar-refractivity contribution in [2.24, 2.45) is 5.92 Å². The minimum absolute atomic E-state index is 0.0233. The van der Waals surface area contributed by atoms with Gasteiger partial charge in [0.1, 0.15) is 5.82 Å². The second kappa shape index (κ2) is 4.24. The van der Waals surface area contributed by atoms with Crippen LogP contribution in [-0.2, 0) is 12.8 Å². The van der Waals surface area contributed by atoms with E-state index >= 15 is 0 Å². The molecule has 0 bridgehead atoms. The third-order valence-corrected chi connectivity index (χ3v) is 3.82. The summed E-state index contributed by atoms with van der Waals surface area (Å²) in [4.78, 5) is 12.3. The smallest absolute Gasteiger partial charge is 0.252 e. The number of fused-ring (bicyclic) bond motifs is 1. The summed E-state index contributed by atoms with van der Waals surface area (Å²) in [7, 11) is 0. The number of carbonyl (C=O) groups excluding carboxylic acids is 1. The monoisotopic (exact) mass is 305 g/mol. The SMILES string of the molecule is Nc1ccnn1C(=O)C1Cc2ccc(Br)cc2C1. The van der Waals surface area contributed by atoms with Crippen LogP contribution in [0.5, 0.6) is 0 Å². The number of nitrogens with zero attached hydrogens (tertiary/aromatic N) is 2. The van der Waals surface area contributed by atoms with Gasteiger partial charge in [-0.2, -0.15) is 9.78 Å². The van der Waals surface area contributed by atoms with Crippen LogP contribution in [0.4, 0.5) is 5.82 Å². The van der Waals surface area contributed by atoms with Gasteiger partial charge in [0.05, 0.1) is 6.20 Å². The summed E-state index contributed by atoms with van der Waals surface area (Å²) >= 11 is 3.45. The third-order valence-electron chi connectivity index (χ3n) is 3.33. The normalized spacial score (nSPS) is 17.7. The van der Waals surface area contributed by atoms with Crippen LogP contribution in [0.3, 0.4) is 0 Å². The molecule has 0 saturated carbocycles. The highest BCUT2D eigenvalue weighted by molar-refractivity contribution is 9.10. The lowest BCUT2D eigenvalue weighted by atomic mass is 10.1. The van der Waals surface area contributed by atoms with Crippen molar-refractivity contribution in [3.05, 3.63) is 46.1 Å². The van der Waals surface area contributed by atoms with Gasteiger partial charge in [-0.15, -0.1) is 0 Å². The summed E-state index contributed by atoms with van der Waals surface area (Å²) in [6.07, 6.45) is 3.07. The molecule has 5 heteroatoms. The highest BCUT2D eigenvalue weighted by Crippen LogP contribution is 2.30. The van der Waals surface area contributed by atoms with E-state index in [1.807, 2.05) is 6.07 Å². The van der Waals surface area contributed by atoms with Crippen LogP contribution in [0.2, 0.25) is 0 Å². The molecule has 0 aliphatic heterocycles. The summed E-state index contributed by atoms with van der Waals surface area (Å²) in [5.74, 6) is 0.318. The van der Waals surface area contributed by atoms with Crippen molar-refractivity contribution in [2.45, 2.75) is 12.8 Å². The van der Waals surface area contributed by atoms with E-state index in [9.17, 15) is 4.79 Å². The lowest BCUT2D eigenvalue weighted by molar-refractivity contribution is 0.0825. The van der Waals surface area contributed by atoms with E-state index in [4.69, 9.17) is 5.73 Å².